The summed E-state index contributed by atoms with van der Waals surface area (Å²) in [6.45, 7) is 14.7. The monoisotopic (exact) mass is 377 g/mol. The molecule has 0 aliphatic carbocycles. The number of hydrogen-bond donors (Lipinski definition) is 0. The summed E-state index contributed by atoms with van der Waals surface area (Å²) in [4.78, 5) is 0. The normalized spacial score (nSPS) is 11.5. The van der Waals surface area contributed by atoms with Gasteiger partial charge in [0.2, 0.25) is 0 Å². The second kappa shape index (κ2) is 17.8. The summed E-state index contributed by atoms with van der Waals surface area (Å²) in [6, 6.07) is 0. The van der Waals surface area contributed by atoms with Crippen LogP contribution in [0.3, 0.4) is 0 Å². The van der Waals surface area contributed by atoms with Crippen molar-refractivity contribution >= 4 is 0 Å². The van der Waals surface area contributed by atoms with Gasteiger partial charge in [0.05, 0.1) is 26.2 Å². The summed E-state index contributed by atoms with van der Waals surface area (Å²) in [5.74, 6) is 0. The van der Waals surface area contributed by atoms with Crippen molar-refractivity contribution in [2.75, 3.05) is 26.2 Å². The Morgan fingerprint density at radius 2 is 0.773 bits per heavy atom. The molecular formula is C20H44BrN. The van der Waals surface area contributed by atoms with Gasteiger partial charge in [-0.05, 0) is 33.6 Å². The smallest absolute Gasteiger partial charge is 0.0786 e. The topological polar surface area (TPSA) is 0 Å². The van der Waals surface area contributed by atoms with Crippen LogP contribution in [-0.4, -0.2) is 30.7 Å². The van der Waals surface area contributed by atoms with Crippen LogP contribution < -0.4 is 17.0 Å². The molecule has 22 heavy (non-hydrogen) atoms. The highest BCUT2D eigenvalue weighted by Gasteiger charge is 2.19. The molecule has 0 bridgehead atoms. The highest BCUT2D eigenvalue weighted by Crippen LogP contribution is 2.14. The van der Waals surface area contributed by atoms with Gasteiger partial charge in [-0.2, -0.15) is 0 Å². The first-order valence-corrected chi connectivity index (χ1v) is 10.1. The third-order valence-electron chi connectivity index (χ3n) is 5.50. The molecule has 0 heterocycles. The molecule has 0 radical (unpaired) electrons. The Kier molecular flexibility index (Phi) is 20.0. The molecule has 0 fully saturated rings. The van der Waals surface area contributed by atoms with Crippen LogP contribution in [0.15, 0.2) is 0 Å². The molecule has 0 saturated carbocycles. The maximum atomic E-state index is 2.35. The van der Waals surface area contributed by atoms with Crippen LogP contribution in [0, 0.1) is 0 Å². The van der Waals surface area contributed by atoms with Gasteiger partial charge in [-0.3, -0.25) is 0 Å². The van der Waals surface area contributed by atoms with Crippen molar-refractivity contribution in [3.63, 3.8) is 0 Å². The van der Waals surface area contributed by atoms with E-state index in [1.807, 2.05) is 0 Å². The van der Waals surface area contributed by atoms with E-state index in [2.05, 4.69) is 27.7 Å². The average Bonchev–Trinajstić information content (AvgIpc) is 2.53. The SMILES string of the molecule is CCCCCCCCCCCCCC[N+](CC)(CC)CC.[Br-]. The van der Waals surface area contributed by atoms with E-state index in [4.69, 9.17) is 0 Å². The van der Waals surface area contributed by atoms with Gasteiger partial charge in [0.1, 0.15) is 0 Å². The minimum absolute atomic E-state index is 0. The molecule has 0 aromatic carbocycles. The van der Waals surface area contributed by atoms with Gasteiger partial charge >= 0.3 is 0 Å². The lowest BCUT2D eigenvalue weighted by molar-refractivity contribution is -0.923. The number of rotatable bonds is 16. The average molecular weight is 378 g/mol. The zero-order chi connectivity index (χ0) is 15.8. The lowest BCUT2D eigenvalue weighted by Crippen LogP contribution is -3.00. The molecule has 0 aromatic rings. The summed E-state index contributed by atoms with van der Waals surface area (Å²) in [7, 11) is 0. The predicted octanol–water partition coefficient (Wildman–Crippen LogP) is 3.57. The van der Waals surface area contributed by atoms with E-state index in [9.17, 15) is 0 Å². The maximum Gasteiger partial charge on any atom is 0.0786 e. The van der Waals surface area contributed by atoms with Crippen molar-refractivity contribution in [3.05, 3.63) is 0 Å². The first kappa shape index (κ1) is 24.7. The Morgan fingerprint density at radius 1 is 0.455 bits per heavy atom. The molecule has 0 unspecified atom stereocenters. The number of nitrogens with zero attached hydrogens (tertiary/aromatic N) is 1. The summed E-state index contributed by atoms with van der Waals surface area (Å²) in [5, 5.41) is 0. The fraction of sp³-hybridized carbons (Fsp3) is 1.00. The van der Waals surface area contributed by atoms with Gasteiger partial charge < -0.3 is 21.5 Å². The second-order valence-electron chi connectivity index (χ2n) is 6.90. The second-order valence-corrected chi connectivity index (χ2v) is 6.90. The van der Waals surface area contributed by atoms with E-state index in [-0.39, 0.29) is 17.0 Å². The standard InChI is InChI=1S/C20H44N.BrH/c1-5-9-10-11-12-13-14-15-16-17-18-19-20-21(6-2,7-3)8-4;/h5-20H2,1-4H3;1H/q+1;/p-1. The zero-order valence-corrected chi connectivity index (χ0v) is 17.7. The summed E-state index contributed by atoms with van der Waals surface area (Å²) in [6.07, 6.45) is 17.5. The highest BCUT2D eigenvalue weighted by molar-refractivity contribution is 4.49. The molecule has 0 spiro atoms. The molecule has 0 rings (SSSR count). The van der Waals surface area contributed by atoms with Gasteiger partial charge in [-0.25, -0.2) is 0 Å². The molecule has 0 saturated heterocycles. The van der Waals surface area contributed by atoms with Crippen molar-refractivity contribution in [2.24, 2.45) is 0 Å². The van der Waals surface area contributed by atoms with Crippen LogP contribution in [0.5, 0.6) is 0 Å². The van der Waals surface area contributed by atoms with Gasteiger partial charge in [-0.15, -0.1) is 0 Å². The van der Waals surface area contributed by atoms with E-state index in [0.717, 1.165) is 0 Å². The van der Waals surface area contributed by atoms with E-state index in [1.54, 1.807) is 0 Å². The fourth-order valence-electron chi connectivity index (χ4n) is 3.43. The van der Waals surface area contributed by atoms with Crippen molar-refractivity contribution < 1.29 is 21.5 Å². The number of halogens is 1. The van der Waals surface area contributed by atoms with E-state index in [1.165, 1.54) is 108 Å². The maximum absolute atomic E-state index is 2.35. The molecule has 0 aromatic heterocycles. The first-order chi connectivity index (χ1) is 10.2. The van der Waals surface area contributed by atoms with Crippen molar-refractivity contribution in [2.45, 2.75) is 105 Å². The molecule has 2 heteroatoms. The third-order valence-corrected chi connectivity index (χ3v) is 5.50. The number of unbranched alkanes of at least 4 members (excludes halogenated alkanes) is 11. The summed E-state index contributed by atoms with van der Waals surface area (Å²) < 4.78 is 1.33. The van der Waals surface area contributed by atoms with Crippen LogP contribution in [0.25, 0.3) is 0 Å². The van der Waals surface area contributed by atoms with Crippen LogP contribution in [0.2, 0.25) is 0 Å². The Balaban J connectivity index is 0. The third kappa shape index (κ3) is 12.9. The Hall–Kier alpha value is 0.440. The van der Waals surface area contributed by atoms with E-state index < -0.39 is 0 Å². The van der Waals surface area contributed by atoms with Crippen molar-refractivity contribution in [3.8, 4) is 0 Å². The van der Waals surface area contributed by atoms with Gasteiger partial charge in [0.25, 0.3) is 0 Å². The van der Waals surface area contributed by atoms with Crippen LogP contribution in [-0.2, 0) is 0 Å². The lowest BCUT2D eigenvalue weighted by Gasteiger charge is -2.35. The molecule has 0 aliphatic rings. The van der Waals surface area contributed by atoms with Crippen molar-refractivity contribution in [1.29, 1.82) is 0 Å². The molecule has 0 atom stereocenters. The molecule has 136 valence electrons. The van der Waals surface area contributed by atoms with Crippen LogP contribution in [0.1, 0.15) is 105 Å². The number of quaternary nitrogens is 1. The first-order valence-electron chi connectivity index (χ1n) is 10.1. The Labute approximate surface area is 152 Å². The Morgan fingerprint density at radius 3 is 1.09 bits per heavy atom. The molecule has 0 aliphatic heterocycles. The van der Waals surface area contributed by atoms with E-state index >= 15 is 0 Å². The molecule has 0 amide bonds. The largest absolute Gasteiger partial charge is 1.00 e. The lowest BCUT2D eigenvalue weighted by atomic mass is 10.1. The Bertz CT molecular complexity index is 194. The molecule has 1 nitrogen and oxygen atoms in total. The minimum Gasteiger partial charge on any atom is -1.00 e. The van der Waals surface area contributed by atoms with Gasteiger partial charge in [0.15, 0.2) is 0 Å². The van der Waals surface area contributed by atoms with Crippen LogP contribution >= 0.6 is 0 Å². The predicted molar refractivity (Wildman–Crippen MR) is 97.8 cm³/mol. The summed E-state index contributed by atoms with van der Waals surface area (Å²) >= 11 is 0. The zero-order valence-electron chi connectivity index (χ0n) is 16.1. The molecule has 0 N–H and O–H groups in total. The van der Waals surface area contributed by atoms with Gasteiger partial charge in [-0.1, -0.05) is 71.1 Å². The summed E-state index contributed by atoms with van der Waals surface area (Å²) in [5.41, 5.74) is 0. The highest BCUT2D eigenvalue weighted by atomic mass is 79.9. The van der Waals surface area contributed by atoms with Gasteiger partial charge in [0, 0.05) is 0 Å². The molecular weight excluding hydrogens is 334 g/mol. The number of hydrogen-bond acceptors (Lipinski definition) is 0. The van der Waals surface area contributed by atoms with Crippen molar-refractivity contribution in [1.82, 2.24) is 0 Å². The van der Waals surface area contributed by atoms with Crippen LogP contribution in [0.4, 0.5) is 0 Å². The minimum atomic E-state index is 0. The van der Waals surface area contributed by atoms with E-state index in [0.29, 0.717) is 0 Å². The quantitative estimate of drug-likeness (QED) is 0.285. The fourth-order valence-corrected chi connectivity index (χ4v) is 3.43.